The highest BCUT2D eigenvalue weighted by molar-refractivity contribution is 7.85. The second-order valence-electron chi connectivity index (χ2n) is 9.61. The Kier molecular flexibility index (Phi) is 4.68. The molecular weight excluding hydrogens is 394 g/mol. The zero-order chi connectivity index (χ0) is 21.9. The quantitative estimate of drug-likeness (QED) is 0.434. The highest BCUT2D eigenvalue weighted by Crippen LogP contribution is 2.48. The van der Waals surface area contributed by atoms with Crippen molar-refractivity contribution < 1.29 is 17.5 Å². The molecule has 4 rings (SSSR count). The average Bonchev–Trinajstić information content (AvgIpc) is 2.88. The molecule has 1 aliphatic rings. The Morgan fingerprint density at radius 3 is 2.23 bits per heavy atom. The van der Waals surface area contributed by atoms with Crippen molar-refractivity contribution >= 4 is 32.3 Å². The van der Waals surface area contributed by atoms with Gasteiger partial charge in [0.05, 0.1) is 10.3 Å². The van der Waals surface area contributed by atoms with E-state index in [0.29, 0.717) is 0 Å². The van der Waals surface area contributed by atoms with Gasteiger partial charge in [-0.3, -0.25) is 4.55 Å². The van der Waals surface area contributed by atoms with Crippen LogP contribution in [-0.4, -0.2) is 23.3 Å². The Bertz CT molecular complexity index is 1280. The van der Waals surface area contributed by atoms with Gasteiger partial charge in [0.1, 0.15) is 0 Å². The predicted octanol–water partition coefficient (Wildman–Crippen LogP) is 5.71. The number of fused-ring (bicyclic) bond motifs is 3. The first-order valence-corrected chi connectivity index (χ1v) is 11.6. The van der Waals surface area contributed by atoms with E-state index in [1.54, 1.807) is 6.07 Å². The fourth-order valence-electron chi connectivity index (χ4n) is 5.19. The molecule has 0 spiro atoms. The second-order valence-corrected chi connectivity index (χ2v) is 11.0. The molecule has 0 atom stereocenters. The largest absolute Gasteiger partial charge is 0.294 e. The summed E-state index contributed by atoms with van der Waals surface area (Å²) < 4.78 is 35.1. The third-order valence-corrected chi connectivity index (χ3v) is 6.79. The van der Waals surface area contributed by atoms with Crippen LogP contribution in [0.3, 0.4) is 0 Å². The van der Waals surface area contributed by atoms with E-state index < -0.39 is 10.1 Å². The second kappa shape index (κ2) is 6.76. The molecule has 1 N–H and O–H groups in total. The molecule has 0 amide bonds. The molecule has 1 heterocycles. The zero-order valence-electron chi connectivity index (χ0n) is 18.1. The van der Waals surface area contributed by atoms with Gasteiger partial charge in [-0.15, -0.1) is 0 Å². The van der Waals surface area contributed by atoms with Crippen molar-refractivity contribution in [2.45, 2.75) is 51.5 Å². The summed E-state index contributed by atoms with van der Waals surface area (Å²) in [5.41, 5.74) is 4.63. The van der Waals surface area contributed by atoms with Crippen LogP contribution < -0.4 is 0 Å². The van der Waals surface area contributed by atoms with Crippen molar-refractivity contribution in [1.29, 1.82) is 0 Å². The van der Waals surface area contributed by atoms with Crippen LogP contribution in [0.15, 0.2) is 65.6 Å². The number of nitrogens with zero attached hydrogens (tertiary/aromatic N) is 1. The van der Waals surface area contributed by atoms with Gasteiger partial charge in [0.25, 0.3) is 10.1 Å². The third-order valence-electron chi connectivity index (χ3n) is 5.94. The van der Waals surface area contributed by atoms with Crippen LogP contribution in [0.4, 0.5) is 5.69 Å². The van der Waals surface area contributed by atoms with E-state index in [-0.39, 0.29) is 15.7 Å². The summed E-state index contributed by atoms with van der Waals surface area (Å²) in [6, 6.07) is 19.3. The Morgan fingerprint density at radius 1 is 0.967 bits per heavy atom. The lowest BCUT2D eigenvalue weighted by Gasteiger charge is -2.27. The Hall–Kier alpha value is -2.50. The molecule has 0 radical (unpaired) electrons. The lowest BCUT2D eigenvalue weighted by atomic mass is 9.70. The maximum atomic E-state index is 11.6. The van der Waals surface area contributed by atoms with E-state index in [4.69, 9.17) is 0 Å². The molecule has 3 aromatic rings. The van der Waals surface area contributed by atoms with E-state index in [1.807, 2.05) is 18.2 Å². The standard InChI is InChI=1S/C25H27NO3S/c1-24(2,3)23-25(4,5)22-20-13-12-19(30(27,28)29)15-18(20)11-14-21(22)26(23)16-17-9-7-6-8-10-17/h6-15H,16H2,1-5H3/p+1. The summed E-state index contributed by atoms with van der Waals surface area (Å²) in [6.45, 7) is 12.0. The SMILES string of the molecule is CC(C)(C)C1=[N+](Cc2ccccc2)c2ccc3cc(S(=O)(=O)O)ccc3c2C1(C)C. The van der Waals surface area contributed by atoms with E-state index in [9.17, 15) is 13.0 Å². The summed E-state index contributed by atoms with van der Waals surface area (Å²) in [6.07, 6.45) is 0. The first kappa shape index (κ1) is 20.8. The van der Waals surface area contributed by atoms with Gasteiger partial charge in [-0.2, -0.15) is 13.0 Å². The summed E-state index contributed by atoms with van der Waals surface area (Å²) in [4.78, 5) is -0.0769. The van der Waals surface area contributed by atoms with E-state index in [0.717, 1.165) is 23.0 Å². The van der Waals surface area contributed by atoms with Gasteiger partial charge < -0.3 is 0 Å². The number of hydrogen-bond donors (Lipinski definition) is 1. The molecular formula is C25H28NO3S+. The van der Waals surface area contributed by atoms with Crippen molar-refractivity contribution in [3.05, 3.63) is 71.8 Å². The summed E-state index contributed by atoms with van der Waals surface area (Å²) in [5.74, 6) is 0. The average molecular weight is 423 g/mol. The molecule has 0 aliphatic carbocycles. The van der Waals surface area contributed by atoms with Crippen molar-refractivity contribution in [2.75, 3.05) is 0 Å². The van der Waals surface area contributed by atoms with Gasteiger partial charge in [0.2, 0.25) is 5.69 Å². The summed E-state index contributed by atoms with van der Waals surface area (Å²) in [7, 11) is -4.24. The van der Waals surface area contributed by atoms with Gasteiger partial charge in [-0.1, -0.05) is 57.2 Å². The third kappa shape index (κ3) is 3.36. The van der Waals surface area contributed by atoms with Crippen molar-refractivity contribution in [3.63, 3.8) is 0 Å². The molecule has 30 heavy (non-hydrogen) atoms. The minimum atomic E-state index is -4.24. The van der Waals surface area contributed by atoms with Gasteiger partial charge in [0, 0.05) is 22.6 Å². The Balaban J connectivity index is 1.99. The molecule has 1 aliphatic heterocycles. The maximum absolute atomic E-state index is 11.6. The van der Waals surface area contributed by atoms with Gasteiger partial charge in [-0.25, -0.2) is 0 Å². The van der Waals surface area contributed by atoms with Gasteiger partial charge in [0.15, 0.2) is 12.3 Å². The molecule has 0 saturated heterocycles. The molecule has 3 aromatic carbocycles. The van der Waals surface area contributed by atoms with Crippen LogP contribution in [0.2, 0.25) is 0 Å². The summed E-state index contributed by atoms with van der Waals surface area (Å²) >= 11 is 0. The lowest BCUT2D eigenvalue weighted by molar-refractivity contribution is -0.459. The van der Waals surface area contributed by atoms with Crippen LogP contribution in [0.1, 0.15) is 45.7 Å². The molecule has 0 saturated carbocycles. The van der Waals surface area contributed by atoms with Gasteiger partial charge in [-0.05, 0) is 42.8 Å². The van der Waals surface area contributed by atoms with Crippen LogP contribution in [-0.2, 0) is 22.1 Å². The Morgan fingerprint density at radius 2 is 1.63 bits per heavy atom. The fourth-order valence-corrected chi connectivity index (χ4v) is 5.70. The van der Waals surface area contributed by atoms with E-state index in [2.05, 4.69) is 69.5 Å². The van der Waals surface area contributed by atoms with Crippen molar-refractivity contribution in [2.24, 2.45) is 5.41 Å². The predicted molar refractivity (Wildman–Crippen MR) is 121 cm³/mol. The van der Waals surface area contributed by atoms with Crippen LogP contribution >= 0.6 is 0 Å². The monoisotopic (exact) mass is 422 g/mol. The molecule has 0 unspecified atom stereocenters. The molecule has 0 bridgehead atoms. The normalized spacial score (nSPS) is 16.2. The zero-order valence-corrected chi connectivity index (χ0v) is 18.9. The molecule has 156 valence electrons. The first-order valence-electron chi connectivity index (χ1n) is 10.1. The summed E-state index contributed by atoms with van der Waals surface area (Å²) in [5, 5.41) is 1.83. The van der Waals surface area contributed by atoms with Crippen LogP contribution in [0, 0.1) is 5.41 Å². The molecule has 0 aromatic heterocycles. The number of benzene rings is 3. The highest BCUT2D eigenvalue weighted by atomic mass is 32.2. The molecule has 5 heteroatoms. The van der Waals surface area contributed by atoms with Crippen molar-refractivity contribution in [3.8, 4) is 0 Å². The lowest BCUT2D eigenvalue weighted by Crippen LogP contribution is -2.39. The van der Waals surface area contributed by atoms with Gasteiger partial charge >= 0.3 is 0 Å². The van der Waals surface area contributed by atoms with Crippen LogP contribution in [0.25, 0.3) is 10.8 Å². The van der Waals surface area contributed by atoms with Crippen molar-refractivity contribution in [1.82, 2.24) is 0 Å². The molecule has 0 fully saturated rings. The van der Waals surface area contributed by atoms with E-state index in [1.165, 1.54) is 22.9 Å². The highest BCUT2D eigenvalue weighted by Gasteiger charge is 2.51. The minimum Gasteiger partial charge on any atom is -0.282 e. The maximum Gasteiger partial charge on any atom is 0.294 e. The molecule has 4 nitrogen and oxygen atoms in total. The topological polar surface area (TPSA) is 57.4 Å². The van der Waals surface area contributed by atoms with E-state index >= 15 is 0 Å². The smallest absolute Gasteiger partial charge is 0.282 e. The minimum absolute atomic E-state index is 0.0575. The number of hydrogen-bond acceptors (Lipinski definition) is 2. The number of rotatable bonds is 3. The van der Waals surface area contributed by atoms with Crippen LogP contribution in [0.5, 0.6) is 0 Å². The fraction of sp³-hybridized carbons (Fsp3) is 0.320. The Labute approximate surface area is 178 Å². The first-order chi connectivity index (χ1) is 13.9.